The van der Waals surface area contributed by atoms with Gasteiger partial charge in [-0.3, -0.25) is 9.59 Å². The largest absolute Gasteiger partial charge is 0.350 e. The van der Waals surface area contributed by atoms with Crippen LogP contribution in [0.4, 0.5) is 5.69 Å². The Hall–Kier alpha value is -1.79. The molecule has 0 aliphatic heterocycles. The van der Waals surface area contributed by atoms with E-state index in [1.54, 1.807) is 0 Å². The zero-order chi connectivity index (χ0) is 22.3. The van der Waals surface area contributed by atoms with Crippen LogP contribution in [0.15, 0.2) is 51.8 Å². The Balaban J connectivity index is 1.22. The van der Waals surface area contributed by atoms with Crippen LogP contribution >= 0.6 is 27.7 Å². The summed E-state index contributed by atoms with van der Waals surface area (Å²) in [6.07, 6.45) is 7.56. The molecule has 2 N–H and O–H groups in total. The molecule has 0 radical (unpaired) electrons. The number of rotatable bonds is 6. The van der Waals surface area contributed by atoms with Crippen molar-refractivity contribution in [2.24, 2.45) is 17.8 Å². The van der Waals surface area contributed by atoms with E-state index in [1.807, 2.05) is 49.4 Å². The summed E-state index contributed by atoms with van der Waals surface area (Å²) in [5, 5.41) is 6.41. The Morgan fingerprint density at radius 3 is 2.34 bits per heavy atom. The molecule has 0 spiro atoms. The first-order valence-electron chi connectivity index (χ1n) is 11.5. The molecule has 2 aromatic rings. The second-order valence-corrected chi connectivity index (χ2v) is 11.8. The van der Waals surface area contributed by atoms with Crippen LogP contribution in [0.5, 0.6) is 0 Å². The van der Waals surface area contributed by atoms with Gasteiger partial charge in [0.05, 0.1) is 11.3 Å². The van der Waals surface area contributed by atoms with E-state index in [0.717, 1.165) is 57.6 Å². The molecule has 4 saturated carbocycles. The monoisotopic (exact) mass is 512 g/mol. The minimum Gasteiger partial charge on any atom is -0.350 e. The van der Waals surface area contributed by atoms with E-state index in [-0.39, 0.29) is 17.4 Å². The molecule has 32 heavy (non-hydrogen) atoms. The number of carbonyl (C=O) groups is 2. The number of carbonyl (C=O) groups excluding carboxylic acids is 2. The Labute approximate surface area is 202 Å². The van der Waals surface area contributed by atoms with E-state index in [0.29, 0.717) is 11.3 Å². The Kier molecular flexibility index (Phi) is 6.10. The Morgan fingerprint density at radius 2 is 1.69 bits per heavy atom. The number of benzene rings is 2. The standard InChI is InChI=1S/C26H29BrN2O2S/c1-16-8-20(6-7-22(16)27)28-25(31)21-4-2-3-5-23(21)32-15-24(30)29-26-12-17-9-18(13-26)11-19(10-17)14-26/h2-8,17-19H,9-15H2,1H3,(H,28,31)(H,29,30). The van der Waals surface area contributed by atoms with Crippen LogP contribution in [0.2, 0.25) is 0 Å². The van der Waals surface area contributed by atoms with Crippen molar-refractivity contribution in [1.82, 2.24) is 5.32 Å². The summed E-state index contributed by atoms with van der Waals surface area (Å²) in [4.78, 5) is 26.7. The van der Waals surface area contributed by atoms with Gasteiger partial charge in [-0.1, -0.05) is 28.1 Å². The highest BCUT2D eigenvalue weighted by Crippen LogP contribution is 2.55. The maximum absolute atomic E-state index is 12.9. The van der Waals surface area contributed by atoms with Crippen molar-refractivity contribution in [2.75, 3.05) is 11.1 Å². The highest BCUT2D eigenvalue weighted by molar-refractivity contribution is 9.10. The van der Waals surface area contributed by atoms with Gasteiger partial charge in [-0.05, 0) is 99.1 Å². The van der Waals surface area contributed by atoms with Gasteiger partial charge in [0.15, 0.2) is 0 Å². The number of aryl methyl sites for hydroxylation is 1. The van der Waals surface area contributed by atoms with Crippen molar-refractivity contribution in [3.8, 4) is 0 Å². The van der Waals surface area contributed by atoms with Crippen molar-refractivity contribution >= 4 is 45.2 Å². The van der Waals surface area contributed by atoms with Crippen LogP contribution in [0.3, 0.4) is 0 Å². The van der Waals surface area contributed by atoms with Crippen molar-refractivity contribution in [2.45, 2.75) is 55.9 Å². The molecule has 4 aliphatic carbocycles. The number of thioether (sulfide) groups is 1. The zero-order valence-electron chi connectivity index (χ0n) is 18.3. The quantitative estimate of drug-likeness (QED) is 0.453. The highest BCUT2D eigenvalue weighted by Gasteiger charge is 2.51. The van der Waals surface area contributed by atoms with E-state index in [1.165, 1.54) is 31.0 Å². The summed E-state index contributed by atoms with van der Waals surface area (Å²) in [6, 6.07) is 13.3. The molecule has 4 bridgehead atoms. The van der Waals surface area contributed by atoms with E-state index < -0.39 is 0 Å². The number of hydrogen-bond donors (Lipinski definition) is 2. The van der Waals surface area contributed by atoms with Gasteiger partial charge in [-0.2, -0.15) is 0 Å². The van der Waals surface area contributed by atoms with E-state index in [9.17, 15) is 9.59 Å². The first-order chi connectivity index (χ1) is 15.4. The zero-order valence-corrected chi connectivity index (χ0v) is 20.7. The second kappa shape index (κ2) is 8.86. The molecular formula is C26H29BrN2O2S. The third-order valence-corrected chi connectivity index (χ3v) is 9.31. The molecule has 2 aromatic carbocycles. The maximum atomic E-state index is 12.9. The fourth-order valence-corrected chi connectivity index (χ4v) is 7.54. The smallest absolute Gasteiger partial charge is 0.256 e. The predicted molar refractivity (Wildman–Crippen MR) is 133 cm³/mol. The lowest BCUT2D eigenvalue weighted by molar-refractivity contribution is -0.124. The predicted octanol–water partition coefficient (Wildman–Crippen LogP) is 6.19. The van der Waals surface area contributed by atoms with Gasteiger partial charge in [-0.25, -0.2) is 0 Å². The molecule has 0 saturated heterocycles. The lowest BCUT2D eigenvalue weighted by Crippen LogP contribution is -2.60. The van der Waals surface area contributed by atoms with Gasteiger partial charge < -0.3 is 10.6 Å². The third-order valence-electron chi connectivity index (χ3n) is 7.35. The molecule has 0 atom stereocenters. The lowest BCUT2D eigenvalue weighted by Gasteiger charge is -2.56. The average molecular weight is 514 g/mol. The van der Waals surface area contributed by atoms with Crippen molar-refractivity contribution in [3.05, 3.63) is 58.1 Å². The van der Waals surface area contributed by atoms with Gasteiger partial charge in [0.25, 0.3) is 5.91 Å². The minimum absolute atomic E-state index is 0.0305. The summed E-state index contributed by atoms with van der Waals surface area (Å²) in [5.41, 5.74) is 2.45. The van der Waals surface area contributed by atoms with E-state index in [4.69, 9.17) is 0 Å². The summed E-state index contributed by atoms with van der Waals surface area (Å²) in [6.45, 7) is 1.99. The normalized spacial score (nSPS) is 27.9. The lowest BCUT2D eigenvalue weighted by atomic mass is 9.53. The molecule has 4 aliphatic rings. The summed E-state index contributed by atoms with van der Waals surface area (Å²) < 4.78 is 1.01. The van der Waals surface area contributed by atoms with Crippen LogP contribution in [0.25, 0.3) is 0 Å². The van der Waals surface area contributed by atoms with Crippen LogP contribution in [0.1, 0.15) is 54.4 Å². The van der Waals surface area contributed by atoms with Gasteiger partial charge in [-0.15, -0.1) is 11.8 Å². The molecule has 0 unspecified atom stereocenters. The van der Waals surface area contributed by atoms with E-state index in [2.05, 4.69) is 26.6 Å². The van der Waals surface area contributed by atoms with Crippen LogP contribution in [-0.4, -0.2) is 23.1 Å². The molecule has 0 aromatic heterocycles. The first-order valence-corrected chi connectivity index (χ1v) is 13.3. The van der Waals surface area contributed by atoms with Crippen molar-refractivity contribution in [1.29, 1.82) is 0 Å². The molecule has 4 nitrogen and oxygen atoms in total. The molecule has 0 heterocycles. The number of amides is 2. The SMILES string of the molecule is Cc1cc(NC(=O)c2ccccc2SCC(=O)NC23CC4CC(CC(C4)C2)C3)ccc1Br. The van der Waals surface area contributed by atoms with Crippen molar-refractivity contribution < 1.29 is 9.59 Å². The molecule has 2 amide bonds. The molecule has 168 valence electrons. The van der Waals surface area contributed by atoms with Crippen LogP contribution in [0, 0.1) is 24.7 Å². The number of nitrogens with one attached hydrogen (secondary N) is 2. The summed E-state index contributed by atoms with van der Waals surface area (Å²) >= 11 is 4.94. The van der Waals surface area contributed by atoms with Gasteiger partial charge in [0.2, 0.25) is 5.91 Å². The van der Waals surface area contributed by atoms with Crippen LogP contribution in [-0.2, 0) is 4.79 Å². The fraction of sp³-hybridized carbons (Fsp3) is 0.462. The van der Waals surface area contributed by atoms with Gasteiger partial charge in [0, 0.05) is 20.6 Å². The Bertz CT molecular complexity index is 1020. The third kappa shape index (κ3) is 4.62. The molecule has 4 fully saturated rings. The molecular weight excluding hydrogens is 484 g/mol. The molecule has 6 rings (SSSR count). The maximum Gasteiger partial charge on any atom is 0.256 e. The number of hydrogen-bond acceptors (Lipinski definition) is 3. The Morgan fingerprint density at radius 1 is 1.03 bits per heavy atom. The fourth-order valence-electron chi connectivity index (χ4n) is 6.44. The molecule has 6 heteroatoms. The average Bonchev–Trinajstić information content (AvgIpc) is 2.74. The van der Waals surface area contributed by atoms with Gasteiger partial charge >= 0.3 is 0 Å². The second-order valence-electron chi connectivity index (χ2n) is 9.95. The highest BCUT2D eigenvalue weighted by atomic mass is 79.9. The van der Waals surface area contributed by atoms with Crippen LogP contribution < -0.4 is 10.6 Å². The summed E-state index contributed by atoms with van der Waals surface area (Å²) in [7, 11) is 0. The first kappa shape index (κ1) is 22.0. The van der Waals surface area contributed by atoms with E-state index >= 15 is 0 Å². The number of halogens is 1. The number of anilines is 1. The summed E-state index contributed by atoms with van der Waals surface area (Å²) in [5.74, 6) is 2.69. The minimum atomic E-state index is -0.156. The topological polar surface area (TPSA) is 58.2 Å². The van der Waals surface area contributed by atoms with Gasteiger partial charge in [0.1, 0.15) is 0 Å². The van der Waals surface area contributed by atoms with Crippen molar-refractivity contribution in [3.63, 3.8) is 0 Å².